The molecule has 0 N–H and O–H groups in total. The smallest absolute Gasteiger partial charge is 0.133 e. The molecule has 1 aromatic rings. The van der Waals surface area contributed by atoms with Crippen LogP contribution in [0, 0.1) is 0 Å². The van der Waals surface area contributed by atoms with E-state index in [1.807, 2.05) is 12.1 Å². The van der Waals surface area contributed by atoms with Gasteiger partial charge in [-0.3, -0.25) is 4.90 Å². The lowest BCUT2D eigenvalue weighted by atomic mass is 9.99. The van der Waals surface area contributed by atoms with E-state index in [0.29, 0.717) is 18.2 Å². The van der Waals surface area contributed by atoms with Crippen molar-refractivity contribution >= 4 is 0 Å². The molecular formula is C17H19NO2. The van der Waals surface area contributed by atoms with Crippen molar-refractivity contribution in [2.24, 2.45) is 0 Å². The predicted octanol–water partition coefficient (Wildman–Crippen LogP) is 2.92. The standard InChI is InChI=1S/C17H19NO2/c1-18-13-5-6-14(18)10-16(9-13)20-15-7-4-12-3-2-8-19-17(12)11-15/h2,4-8,11,13-14,16H,3,9-10H2,1H3. The first-order valence-electron chi connectivity index (χ1n) is 7.31. The minimum atomic E-state index is 0.299. The van der Waals surface area contributed by atoms with E-state index in [1.165, 1.54) is 5.56 Å². The maximum absolute atomic E-state index is 6.18. The molecule has 3 aliphatic heterocycles. The number of fused-ring (bicyclic) bond motifs is 3. The number of likely N-dealkylation sites (N-methyl/N-ethyl adjacent to an activating group) is 1. The van der Waals surface area contributed by atoms with Crippen molar-refractivity contribution in [3.63, 3.8) is 0 Å². The van der Waals surface area contributed by atoms with Crippen LogP contribution in [0.3, 0.4) is 0 Å². The Bertz CT molecular complexity index is 562. The summed E-state index contributed by atoms with van der Waals surface area (Å²) in [4.78, 5) is 2.43. The predicted molar refractivity (Wildman–Crippen MR) is 78.0 cm³/mol. The Labute approximate surface area is 119 Å². The molecule has 4 rings (SSSR count). The molecule has 0 aromatic heterocycles. The average Bonchev–Trinajstić information content (AvgIpc) is 2.70. The zero-order valence-corrected chi connectivity index (χ0v) is 11.7. The van der Waals surface area contributed by atoms with E-state index in [1.54, 1.807) is 6.26 Å². The van der Waals surface area contributed by atoms with Crippen molar-refractivity contribution in [2.75, 3.05) is 7.05 Å². The fourth-order valence-corrected chi connectivity index (χ4v) is 3.37. The Morgan fingerprint density at radius 1 is 1.20 bits per heavy atom. The Morgan fingerprint density at radius 2 is 2.00 bits per heavy atom. The van der Waals surface area contributed by atoms with Gasteiger partial charge in [0, 0.05) is 31.0 Å². The van der Waals surface area contributed by atoms with Gasteiger partial charge in [-0.2, -0.15) is 0 Å². The van der Waals surface area contributed by atoms with Crippen LogP contribution in [0.5, 0.6) is 11.5 Å². The van der Waals surface area contributed by atoms with Crippen molar-refractivity contribution in [2.45, 2.75) is 37.5 Å². The minimum Gasteiger partial charge on any atom is -0.490 e. The summed E-state index contributed by atoms with van der Waals surface area (Å²) in [5.41, 5.74) is 1.23. The molecule has 2 bridgehead atoms. The van der Waals surface area contributed by atoms with Crippen LogP contribution in [0.2, 0.25) is 0 Å². The summed E-state index contributed by atoms with van der Waals surface area (Å²) in [6.45, 7) is 0. The SMILES string of the molecule is CN1C2C=CC1CC(Oc1ccc3c(c1)OC=CC3)C2. The number of rotatable bonds is 2. The molecular weight excluding hydrogens is 250 g/mol. The summed E-state index contributed by atoms with van der Waals surface area (Å²) < 4.78 is 11.7. The molecule has 1 fully saturated rings. The van der Waals surface area contributed by atoms with E-state index in [2.05, 4.69) is 36.2 Å². The molecule has 0 saturated carbocycles. The first-order chi connectivity index (χ1) is 9.79. The van der Waals surface area contributed by atoms with E-state index in [9.17, 15) is 0 Å². The highest BCUT2D eigenvalue weighted by atomic mass is 16.5. The summed E-state index contributed by atoms with van der Waals surface area (Å²) in [5.74, 6) is 1.85. The van der Waals surface area contributed by atoms with Crippen LogP contribution < -0.4 is 9.47 Å². The van der Waals surface area contributed by atoms with E-state index in [0.717, 1.165) is 30.8 Å². The van der Waals surface area contributed by atoms with Crippen LogP contribution in [0.15, 0.2) is 42.7 Å². The number of hydrogen-bond acceptors (Lipinski definition) is 3. The highest BCUT2D eigenvalue weighted by Gasteiger charge is 2.35. The van der Waals surface area contributed by atoms with Crippen LogP contribution in [0.1, 0.15) is 18.4 Å². The molecule has 3 nitrogen and oxygen atoms in total. The first-order valence-corrected chi connectivity index (χ1v) is 7.31. The highest BCUT2D eigenvalue weighted by molar-refractivity contribution is 5.43. The van der Waals surface area contributed by atoms with Gasteiger partial charge >= 0.3 is 0 Å². The van der Waals surface area contributed by atoms with Gasteiger partial charge in [0.15, 0.2) is 0 Å². The van der Waals surface area contributed by atoms with Crippen molar-refractivity contribution in [1.82, 2.24) is 4.90 Å². The van der Waals surface area contributed by atoms with Gasteiger partial charge in [-0.05, 0) is 31.2 Å². The Balaban J connectivity index is 1.48. The van der Waals surface area contributed by atoms with Gasteiger partial charge in [0.2, 0.25) is 0 Å². The second kappa shape index (κ2) is 4.67. The summed E-state index contributed by atoms with van der Waals surface area (Å²) in [5, 5.41) is 0. The molecule has 1 saturated heterocycles. The number of allylic oxidation sites excluding steroid dienone is 1. The number of piperidine rings is 1. The summed E-state index contributed by atoms with van der Waals surface area (Å²) in [7, 11) is 2.20. The zero-order valence-electron chi connectivity index (χ0n) is 11.7. The topological polar surface area (TPSA) is 21.7 Å². The average molecular weight is 269 g/mol. The molecule has 2 atom stereocenters. The second-order valence-corrected chi connectivity index (χ2v) is 5.86. The fourth-order valence-electron chi connectivity index (χ4n) is 3.37. The van der Waals surface area contributed by atoms with Crippen molar-refractivity contribution < 1.29 is 9.47 Å². The Morgan fingerprint density at radius 3 is 2.80 bits per heavy atom. The van der Waals surface area contributed by atoms with Crippen molar-refractivity contribution in [3.8, 4) is 11.5 Å². The number of benzene rings is 1. The number of nitrogens with zero attached hydrogens (tertiary/aromatic N) is 1. The fraction of sp³-hybridized carbons (Fsp3) is 0.412. The second-order valence-electron chi connectivity index (χ2n) is 5.86. The van der Waals surface area contributed by atoms with E-state index < -0.39 is 0 Å². The first kappa shape index (κ1) is 12.0. The van der Waals surface area contributed by atoms with Gasteiger partial charge in [-0.15, -0.1) is 0 Å². The molecule has 20 heavy (non-hydrogen) atoms. The lowest BCUT2D eigenvalue weighted by Crippen LogP contribution is -2.44. The third-order valence-electron chi connectivity index (χ3n) is 4.58. The third kappa shape index (κ3) is 2.02. The number of ether oxygens (including phenoxy) is 2. The maximum Gasteiger partial charge on any atom is 0.133 e. The van der Waals surface area contributed by atoms with Crippen LogP contribution in [-0.4, -0.2) is 30.1 Å². The summed E-state index contributed by atoms with van der Waals surface area (Å²) in [6.07, 6.45) is 11.8. The Kier molecular flexibility index (Phi) is 2.81. The molecule has 1 aromatic carbocycles. The lowest BCUT2D eigenvalue weighted by molar-refractivity contribution is 0.0750. The largest absolute Gasteiger partial charge is 0.490 e. The monoisotopic (exact) mass is 269 g/mol. The molecule has 3 heteroatoms. The maximum atomic E-state index is 6.18. The minimum absolute atomic E-state index is 0.299. The van der Waals surface area contributed by atoms with Gasteiger partial charge in [-0.25, -0.2) is 0 Å². The van der Waals surface area contributed by atoms with E-state index in [-0.39, 0.29) is 0 Å². The molecule has 104 valence electrons. The molecule has 2 unspecified atom stereocenters. The van der Waals surface area contributed by atoms with Gasteiger partial charge in [0.05, 0.1) is 6.26 Å². The molecule has 0 spiro atoms. The van der Waals surface area contributed by atoms with Crippen molar-refractivity contribution in [1.29, 1.82) is 0 Å². The number of hydrogen-bond donors (Lipinski definition) is 0. The van der Waals surface area contributed by atoms with Crippen LogP contribution in [0.25, 0.3) is 0 Å². The van der Waals surface area contributed by atoms with E-state index >= 15 is 0 Å². The van der Waals surface area contributed by atoms with E-state index in [4.69, 9.17) is 9.47 Å². The van der Waals surface area contributed by atoms with Crippen LogP contribution in [-0.2, 0) is 6.42 Å². The highest BCUT2D eigenvalue weighted by Crippen LogP contribution is 2.33. The van der Waals surface area contributed by atoms with Crippen LogP contribution in [0.4, 0.5) is 0 Å². The quantitative estimate of drug-likeness (QED) is 0.771. The molecule has 0 amide bonds. The Hall–Kier alpha value is -1.74. The molecule has 3 aliphatic rings. The molecule has 0 aliphatic carbocycles. The molecule has 0 radical (unpaired) electrons. The van der Waals surface area contributed by atoms with Gasteiger partial charge in [-0.1, -0.05) is 18.2 Å². The van der Waals surface area contributed by atoms with Crippen LogP contribution >= 0.6 is 0 Å². The van der Waals surface area contributed by atoms with Gasteiger partial charge < -0.3 is 9.47 Å². The normalized spacial score (nSPS) is 30.9. The van der Waals surface area contributed by atoms with Crippen molar-refractivity contribution in [3.05, 3.63) is 48.3 Å². The van der Waals surface area contributed by atoms with Gasteiger partial charge in [0.25, 0.3) is 0 Å². The summed E-state index contributed by atoms with van der Waals surface area (Å²) >= 11 is 0. The lowest BCUT2D eigenvalue weighted by Gasteiger charge is -2.36. The summed E-state index contributed by atoms with van der Waals surface area (Å²) in [6, 6.07) is 7.27. The zero-order chi connectivity index (χ0) is 13.5. The molecule has 3 heterocycles. The third-order valence-corrected chi connectivity index (χ3v) is 4.58. The van der Waals surface area contributed by atoms with Gasteiger partial charge in [0.1, 0.15) is 17.6 Å².